The Bertz CT molecular complexity index is 652. The van der Waals surface area contributed by atoms with Crippen LogP contribution in [0.1, 0.15) is 11.1 Å². The van der Waals surface area contributed by atoms with E-state index >= 15 is 0 Å². The molecule has 0 bridgehead atoms. The maximum Gasteiger partial charge on any atom is 0.167 e. The summed E-state index contributed by atoms with van der Waals surface area (Å²) in [7, 11) is 0. The van der Waals surface area contributed by atoms with E-state index in [1.807, 2.05) is 6.07 Å². The minimum atomic E-state index is -0.706. The van der Waals surface area contributed by atoms with Gasteiger partial charge in [-0.2, -0.15) is 5.26 Å². The van der Waals surface area contributed by atoms with Crippen LogP contribution in [0.15, 0.2) is 36.4 Å². The normalized spacial score (nSPS) is 10.0. The third-order valence-electron chi connectivity index (χ3n) is 2.47. The van der Waals surface area contributed by atoms with Crippen LogP contribution in [0.4, 0.5) is 8.78 Å². The molecule has 0 saturated carbocycles. The number of alkyl halides is 1. The summed E-state index contributed by atoms with van der Waals surface area (Å²) in [6.07, 6.45) is 0. The van der Waals surface area contributed by atoms with Gasteiger partial charge in [0.05, 0.1) is 11.6 Å². The van der Waals surface area contributed by atoms with Crippen LogP contribution in [0.5, 0.6) is 11.5 Å². The Morgan fingerprint density at radius 3 is 2.58 bits per heavy atom. The topological polar surface area (TPSA) is 33.0 Å². The third kappa shape index (κ3) is 2.91. The van der Waals surface area contributed by atoms with Crippen molar-refractivity contribution in [2.45, 2.75) is 5.33 Å². The lowest BCUT2D eigenvalue weighted by molar-refractivity contribution is 0.411. The van der Waals surface area contributed by atoms with E-state index in [-0.39, 0.29) is 17.1 Å². The molecule has 0 N–H and O–H groups in total. The molecule has 2 aromatic carbocycles. The summed E-state index contributed by atoms with van der Waals surface area (Å²) in [5.41, 5.74) is 0.753. The van der Waals surface area contributed by atoms with Crippen molar-refractivity contribution in [2.75, 3.05) is 0 Å². The molecule has 0 fully saturated rings. The van der Waals surface area contributed by atoms with Gasteiger partial charge >= 0.3 is 0 Å². The zero-order chi connectivity index (χ0) is 13.8. The Kier molecular flexibility index (Phi) is 4.13. The molecule has 0 radical (unpaired) electrons. The molecule has 2 rings (SSSR count). The summed E-state index contributed by atoms with van der Waals surface area (Å²) in [5, 5.41) is 9.03. The van der Waals surface area contributed by atoms with Crippen LogP contribution in [-0.2, 0) is 5.33 Å². The number of nitriles is 1. The van der Waals surface area contributed by atoms with Gasteiger partial charge in [-0.3, -0.25) is 0 Å². The Morgan fingerprint density at radius 2 is 1.95 bits per heavy atom. The molecular weight excluding hydrogens is 316 g/mol. The molecule has 0 aliphatic rings. The summed E-state index contributed by atoms with van der Waals surface area (Å²) >= 11 is 3.21. The van der Waals surface area contributed by atoms with Crippen LogP contribution in [-0.4, -0.2) is 0 Å². The molecule has 0 aromatic heterocycles. The van der Waals surface area contributed by atoms with Crippen molar-refractivity contribution in [2.24, 2.45) is 0 Å². The van der Waals surface area contributed by atoms with Gasteiger partial charge in [-0.05, 0) is 24.3 Å². The number of nitrogens with zero attached hydrogens (tertiary/aromatic N) is 1. The van der Waals surface area contributed by atoms with Crippen molar-refractivity contribution < 1.29 is 13.5 Å². The van der Waals surface area contributed by atoms with Crippen molar-refractivity contribution in [3.8, 4) is 17.6 Å². The van der Waals surface area contributed by atoms with Crippen LogP contribution in [0.3, 0.4) is 0 Å². The lowest BCUT2D eigenvalue weighted by atomic mass is 10.2. The van der Waals surface area contributed by atoms with Gasteiger partial charge in [0.25, 0.3) is 0 Å². The molecule has 19 heavy (non-hydrogen) atoms. The Balaban J connectivity index is 2.39. The fraction of sp³-hybridized carbons (Fsp3) is 0.0714. The standard InChI is InChI=1S/C14H8BrF2NO/c15-7-10-2-1-3-11(16)14(10)19-13-5-4-9(8-18)6-12(13)17/h1-6H,7H2. The molecule has 2 aromatic rings. The van der Waals surface area contributed by atoms with E-state index < -0.39 is 11.6 Å². The summed E-state index contributed by atoms with van der Waals surface area (Å²) in [5.74, 6) is -1.42. The average molecular weight is 324 g/mol. The quantitative estimate of drug-likeness (QED) is 0.778. The van der Waals surface area contributed by atoms with Crippen molar-refractivity contribution in [3.05, 3.63) is 59.2 Å². The Labute approximate surface area is 117 Å². The second-order valence-electron chi connectivity index (χ2n) is 3.72. The van der Waals surface area contributed by atoms with Gasteiger partial charge in [-0.15, -0.1) is 0 Å². The van der Waals surface area contributed by atoms with E-state index in [4.69, 9.17) is 10.00 Å². The number of rotatable bonds is 3. The van der Waals surface area contributed by atoms with Gasteiger partial charge < -0.3 is 4.74 Å². The van der Waals surface area contributed by atoms with Crippen molar-refractivity contribution in [1.82, 2.24) is 0 Å². The van der Waals surface area contributed by atoms with Crippen LogP contribution < -0.4 is 4.74 Å². The highest BCUT2D eigenvalue weighted by atomic mass is 79.9. The van der Waals surface area contributed by atoms with Crippen LogP contribution >= 0.6 is 15.9 Å². The molecule has 0 heterocycles. The monoisotopic (exact) mass is 323 g/mol. The van der Waals surface area contributed by atoms with Crippen LogP contribution in [0, 0.1) is 23.0 Å². The summed E-state index contributed by atoms with van der Waals surface area (Å²) in [6.45, 7) is 0. The van der Waals surface area contributed by atoms with E-state index in [0.29, 0.717) is 10.9 Å². The number of halogens is 3. The molecule has 5 heteroatoms. The molecule has 0 saturated heterocycles. The number of benzene rings is 2. The fourth-order valence-electron chi connectivity index (χ4n) is 1.54. The lowest BCUT2D eigenvalue weighted by Crippen LogP contribution is -1.95. The maximum absolute atomic E-state index is 13.7. The minimum Gasteiger partial charge on any atom is -0.451 e. The van der Waals surface area contributed by atoms with Crippen molar-refractivity contribution >= 4 is 15.9 Å². The molecule has 0 aliphatic heterocycles. The second kappa shape index (κ2) is 5.81. The highest BCUT2D eigenvalue weighted by Crippen LogP contribution is 2.31. The van der Waals surface area contributed by atoms with Gasteiger partial charge in [0.2, 0.25) is 0 Å². The molecule has 2 nitrogen and oxygen atoms in total. The number of ether oxygens (including phenoxy) is 1. The summed E-state index contributed by atoms with van der Waals surface area (Å²) < 4.78 is 32.6. The summed E-state index contributed by atoms with van der Waals surface area (Å²) in [6, 6.07) is 10.0. The van der Waals surface area contributed by atoms with Gasteiger partial charge in [0.15, 0.2) is 23.1 Å². The molecule has 96 valence electrons. The second-order valence-corrected chi connectivity index (χ2v) is 4.28. The SMILES string of the molecule is N#Cc1ccc(Oc2c(F)cccc2CBr)c(F)c1. The van der Waals surface area contributed by atoms with Gasteiger partial charge in [0.1, 0.15) is 0 Å². The molecule has 0 amide bonds. The predicted molar refractivity (Wildman–Crippen MR) is 70.2 cm³/mol. The first-order valence-electron chi connectivity index (χ1n) is 5.36. The zero-order valence-corrected chi connectivity index (χ0v) is 11.2. The van der Waals surface area contributed by atoms with Crippen molar-refractivity contribution in [1.29, 1.82) is 5.26 Å². The van der Waals surface area contributed by atoms with E-state index in [0.717, 1.165) is 6.07 Å². The first-order chi connectivity index (χ1) is 9.15. The predicted octanol–water partition coefficient (Wildman–Crippen LogP) is 4.52. The highest BCUT2D eigenvalue weighted by molar-refractivity contribution is 9.08. The molecular formula is C14H8BrF2NO. The third-order valence-corrected chi connectivity index (χ3v) is 3.07. The first kappa shape index (κ1) is 13.5. The maximum atomic E-state index is 13.7. The highest BCUT2D eigenvalue weighted by Gasteiger charge is 2.13. The number of hydrogen-bond donors (Lipinski definition) is 0. The molecule has 0 aliphatic carbocycles. The van der Waals surface area contributed by atoms with Gasteiger partial charge in [-0.1, -0.05) is 28.1 Å². The van der Waals surface area contributed by atoms with Gasteiger partial charge in [-0.25, -0.2) is 8.78 Å². The van der Waals surface area contributed by atoms with Crippen LogP contribution in [0.25, 0.3) is 0 Å². The smallest absolute Gasteiger partial charge is 0.167 e. The largest absolute Gasteiger partial charge is 0.451 e. The number of para-hydroxylation sites is 1. The minimum absolute atomic E-state index is 0.0250. The molecule has 0 atom stereocenters. The Morgan fingerprint density at radius 1 is 1.16 bits per heavy atom. The molecule has 0 spiro atoms. The van der Waals surface area contributed by atoms with Gasteiger partial charge in [0, 0.05) is 10.9 Å². The Hall–Kier alpha value is -1.93. The summed E-state index contributed by atoms with van der Waals surface area (Å²) in [4.78, 5) is 0. The van der Waals surface area contributed by atoms with Crippen LogP contribution in [0.2, 0.25) is 0 Å². The average Bonchev–Trinajstić information content (AvgIpc) is 2.42. The van der Waals surface area contributed by atoms with E-state index in [9.17, 15) is 8.78 Å². The fourth-order valence-corrected chi connectivity index (χ4v) is 1.98. The molecule has 0 unspecified atom stereocenters. The van der Waals surface area contributed by atoms with E-state index in [1.165, 1.54) is 18.2 Å². The zero-order valence-electron chi connectivity index (χ0n) is 9.66. The van der Waals surface area contributed by atoms with E-state index in [1.54, 1.807) is 12.1 Å². The van der Waals surface area contributed by atoms with Crippen molar-refractivity contribution in [3.63, 3.8) is 0 Å². The lowest BCUT2D eigenvalue weighted by Gasteiger charge is -2.11. The number of hydrogen-bond acceptors (Lipinski definition) is 2. The van der Waals surface area contributed by atoms with E-state index in [2.05, 4.69) is 15.9 Å². The first-order valence-corrected chi connectivity index (χ1v) is 6.48.